The third kappa shape index (κ3) is 1.86. The second kappa shape index (κ2) is 4.41. The topological polar surface area (TPSA) is 34.9 Å². The molecule has 1 aromatic carbocycles. The largest absolute Gasteiger partial charge is 0.294 e. The van der Waals surface area contributed by atoms with Crippen LogP contribution in [-0.4, -0.2) is 9.55 Å². The Hall–Kier alpha value is -1.90. The number of aryl methyl sites for hydroxylation is 1. The number of hydrogen-bond donors (Lipinski definition) is 0. The van der Waals surface area contributed by atoms with Gasteiger partial charge in [0.15, 0.2) is 0 Å². The van der Waals surface area contributed by atoms with E-state index in [0.717, 1.165) is 36.3 Å². The van der Waals surface area contributed by atoms with Crippen molar-refractivity contribution in [3.63, 3.8) is 0 Å². The van der Waals surface area contributed by atoms with Crippen LogP contribution in [0.15, 0.2) is 41.2 Å². The summed E-state index contributed by atoms with van der Waals surface area (Å²) in [5.74, 6) is 0.931. The van der Waals surface area contributed by atoms with Crippen molar-refractivity contribution in [1.29, 1.82) is 0 Å². The first-order chi connectivity index (χ1) is 8.75. The van der Waals surface area contributed by atoms with Crippen LogP contribution in [0, 0.1) is 0 Å². The first kappa shape index (κ1) is 11.2. The molecule has 3 nitrogen and oxygen atoms in total. The summed E-state index contributed by atoms with van der Waals surface area (Å²) in [6.45, 7) is 2.09. The van der Waals surface area contributed by atoms with Crippen LogP contribution in [0.2, 0.25) is 0 Å². The Morgan fingerprint density at radius 1 is 1.28 bits per heavy atom. The zero-order valence-corrected chi connectivity index (χ0v) is 10.5. The predicted octanol–water partition coefficient (Wildman–Crippen LogP) is 2.81. The van der Waals surface area contributed by atoms with Crippen LogP contribution in [-0.2, 0) is 6.42 Å². The van der Waals surface area contributed by atoms with Gasteiger partial charge in [0.05, 0.1) is 5.69 Å². The molecular weight excluding hydrogens is 224 g/mol. The Balaban J connectivity index is 2.15. The van der Waals surface area contributed by atoms with E-state index in [1.807, 2.05) is 34.9 Å². The fourth-order valence-corrected chi connectivity index (χ4v) is 2.63. The minimum absolute atomic E-state index is 0.0750. The predicted molar refractivity (Wildman–Crippen MR) is 71.6 cm³/mol. The number of nitrogens with zero attached hydrogens (tertiary/aromatic N) is 2. The second-order valence-corrected chi connectivity index (χ2v) is 4.87. The molecule has 0 spiro atoms. The maximum Gasteiger partial charge on any atom is 0.254 e. The highest BCUT2D eigenvalue weighted by molar-refractivity contribution is 5.58. The van der Waals surface area contributed by atoms with Gasteiger partial charge in [0.25, 0.3) is 5.56 Å². The highest BCUT2D eigenvalue weighted by atomic mass is 16.1. The third-order valence-electron chi connectivity index (χ3n) is 3.56. The molecular formula is C15H16N2O. The van der Waals surface area contributed by atoms with E-state index in [9.17, 15) is 4.79 Å². The molecule has 0 aliphatic carbocycles. The van der Waals surface area contributed by atoms with Crippen LogP contribution in [0.1, 0.15) is 31.6 Å². The molecule has 0 unspecified atom stereocenters. The van der Waals surface area contributed by atoms with Gasteiger partial charge in [-0.15, -0.1) is 0 Å². The van der Waals surface area contributed by atoms with Crippen molar-refractivity contribution < 1.29 is 0 Å². The van der Waals surface area contributed by atoms with Crippen LogP contribution in [0.4, 0.5) is 0 Å². The van der Waals surface area contributed by atoms with Crippen molar-refractivity contribution in [2.24, 2.45) is 0 Å². The van der Waals surface area contributed by atoms with Crippen LogP contribution in [0.5, 0.6) is 0 Å². The lowest BCUT2D eigenvalue weighted by Gasteiger charge is -2.24. The lowest BCUT2D eigenvalue weighted by molar-refractivity contribution is 0.405. The number of hydrogen-bond acceptors (Lipinski definition) is 2. The van der Waals surface area contributed by atoms with Crippen molar-refractivity contribution in [2.45, 2.75) is 32.2 Å². The van der Waals surface area contributed by atoms with E-state index in [4.69, 9.17) is 0 Å². The SMILES string of the molecule is C[C@H]1CCCc2nc(-c3ccccc3)cc(=O)n21. The Labute approximate surface area is 106 Å². The minimum Gasteiger partial charge on any atom is -0.294 e. The molecule has 92 valence electrons. The van der Waals surface area contributed by atoms with E-state index in [-0.39, 0.29) is 11.6 Å². The Morgan fingerprint density at radius 3 is 2.83 bits per heavy atom. The summed E-state index contributed by atoms with van der Waals surface area (Å²) in [6.07, 6.45) is 3.09. The highest BCUT2D eigenvalue weighted by Crippen LogP contribution is 2.23. The summed E-state index contributed by atoms with van der Waals surface area (Å²) in [5.41, 5.74) is 1.88. The maximum atomic E-state index is 12.2. The molecule has 0 fully saturated rings. The van der Waals surface area contributed by atoms with Gasteiger partial charge < -0.3 is 0 Å². The molecule has 2 aromatic rings. The van der Waals surface area contributed by atoms with Gasteiger partial charge in [-0.3, -0.25) is 9.36 Å². The second-order valence-electron chi connectivity index (χ2n) is 4.87. The number of rotatable bonds is 1. The smallest absolute Gasteiger partial charge is 0.254 e. The fourth-order valence-electron chi connectivity index (χ4n) is 2.63. The van der Waals surface area contributed by atoms with Gasteiger partial charge in [0.1, 0.15) is 5.82 Å². The molecule has 1 aliphatic heterocycles. The standard InChI is InChI=1S/C15H16N2O/c1-11-6-5-9-14-16-13(10-15(18)17(11)14)12-7-3-2-4-8-12/h2-4,7-8,10-11H,5-6,9H2,1H3/t11-/m0/s1. The van der Waals surface area contributed by atoms with Crippen LogP contribution < -0.4 is 5.56 Å². The lowest BCUT2D eigenvalue weighted by atomic mass is 10.0. The van der Waals surface area contributed by atoms with Crippen molar-refractivity contribution in [2.75, 3.05) is 0 Å². The molecule has 1 aromatic heterocycles. The third-order valence-corrected chi connectivity index (χ3v) is 3.56. The Bertz CT molecular complexity index is 616. The molecule has 1 aliphatic rings. The minimum atomic E-state index is 0.0750. The van der Waals surface area contributed by atoms with E-state index < -0.39 is 0 Å². The molecule has 0 amide bonds. The molecule has 0 saturated heterocycles. The maximum absolute atomic E-state index is 12.2. The van der Waals surface area contributed by atoms with Gasteiger partial charge in [0, 0.05) is 24.1 Å². The van der Waals surface area contributed by atoms with Crippen LogP contribution in [0.25, 0.3) is 11.3 Å². The molecule has 0 saturated carbocycles. The van der Waals surface area contributed by atoms with E-state index in [1.165, 1.54) is 0 Å². The highest BCUT2D eigenvalue weighted by Gasteiger charge is 2.19. The molecule has 2 heterocycles. The zero-order chi connectivity index (χ0) is 12.5. The molecule has 1 atom stereocenters. The van der Waals surface area contributed by atoms with Crippen molar-refractivity contribution in [1.82, 2.24) is 9.55 Å². The zero-order valence-electron chi connectivity index (χ0n) is 10.5. The van der Waals surface area contributed by atoms with E-state index in [0.29, 0.717) is 0 Å². The molecule has 0 radical (unpaired) electrons. The summed E-state index contributed by atoms with van der Waals surface area (Å²) >= 11 is 0. The van der Waals surface area contributed by atoms with Crippen LogP contribution in [0.3, 0.4) is 0 Å². The van der Waals surface area contributed by atoms with Gasteiger partial charge >= 0.3 is 0 Å². The van der Waals surface area contributed by atoms with Crippen molar-refractivity contribution in [3.8, 4) is 11.3 Å². The number of fused-ring (bicyclic) bond motifs is 1. The van der Waals surface area contributed by atoms with Crippen LogP contribution >= 0.6 is 0 Å². The first-order valence-electron chi connectivity index (χ1n) is 6.43. The summed E-state index contributed by atoms with van der Waals surface area (Å²) < 4.78 is 1.84. The quantitative estimate of drug-likeness (QED) is 0.768. The Kier molecular flexibility index (Phi) is 2.74. The van der Waals surface area contributed by atoms with Gasteiger partial charge in [-0.05, 0) is 19.8 Å². The average molecular weight is 240 g/mol. The molecule has 18 heavy (non-hydrogen) atoms. The molecule has 0 N–H and O–H groups in total. The lowest BCUT2D eigenvalue weighted by Crippen LogP contribution is -2.30. The molecule has 0 bridgehead atoms. The Morgan fingerprint density at radius 2 is 2.06 bits per heavy atom. The normalized spacial score (nSPS) is 18.4. The number of aromatic nitrogens is 2. The summed E-state index contributed by atoms with van der Waals surface area (Å²) in [5, 5.41) is 0. The van der Waals surface area contributed by atoms with E-state index in [2.05, 4.69) is 11.9 Å². The summed E-state index contributed by atoms with van der Waals surface area (Å²) in [4.78, 5) is 16.8. The molecule has 3 heteroatoms. The average Bonchev–Trinajstić information content (AvgIpc) is 2.39. The van der Waals surface area contributed by atoms with Gasteiger partial charge in [0.2, 0.25) is 0 Å². The van der Waals surface area contributed by atoms with Gasteiger partial charge in [-0.25, -0.2) is 4.98 Å². The van der Waals surface area contributed by atoms with E-state index in [1.54, 1.807) is 6.07 Å². The summed E-state index contributed by atoms with van der Waals surface area (Å²) in [7, 11) is 0. The van der Waals surface area contributed by atoms with Gasteiger partial charge in [-0.1, -0.05) is 30.3 Å². The van der Waals surface area contributed by atoms with Gasteiger partial charge in [-0.2, -0.15) is 0 Å². The fraction of sp³-hybridized carbons (Fsp3) is 0.333. The monoisotopic (exact) mass is 240 g/mol. The van der Waals surface area contributed by atoms with E-state index >= 15 is 0 Å². The molecule has 3 rings (SSSR count). The van der Waals surface area contributed by atoms with Crippen molar-refractivity contribution in [3.05, 3.63) is 52.6 Å². The number of benzene rings is 1. The summed E-state index contributed by atoms with van der Waals surface area (Å²) in [6, 6.07) is 11.8. The van der Waals surface area contributed by atoms with Crippen molar-refractivity contribution >= 4 is 0 Å². The first-order valence-corrected chi connectivity index (χ1v) is 6.43.